The van der Waals surface area contributed by atoms with E-state index in [9.17, 15) is 18.3 Å². The highest BCUT2D eigenvalue weighted by Gasteiger charge is 2.15. The van der Waals surface area contributed by atoms with Crippen LogP contribution in [0.2, 0.25) is 0 Å². The van der Waals surface area contributed by atoms with Crippen molar-refractivity contribution in [2.24, 2.45) is 0 Å². The number of benzene rings is 2. The molecule has 2 N–H and O–H groups in total. The number of nitrogens with one attached hydrogen (secondary N) is 1. The zero-order valence-corrected chi connectivity index (χ0v) is 19.7. The molecule has 0 bridgehead atoms. The van der Waals surface area contributed by atoms with Gasteiger partial charge in [0.25, 0.3) is 5.91 Å². The van der Waals surface area contributed by atoms with Crippen LogP contribution in [0, 0.1) is 0 Å². The Balaban J connectivity index is 1.87. The first-order chi connectivity index (χ1) is 15.5. The van der Waals surface area contributed by atoms with Gasteiger partial charge in [-0.25, -0.2) is 8.42 Å². The monoisotopic (exact) mass is 473 g/mol. The largest absolute Gasteiger partial charge is 0.488 e. The molecule has 33 heavy (non-hydrogen) atoms. The number of aliphatic hydroxyl groups is 1. The lowest BCUT2D eigenvalue weighted by Gasteiger charge is -2.15. The summed E-state index contributed by atoms with van der Waals surface area (Å²) in [6.45, 7) is 5.45. The van der Waals surface area contributed by atoms with Crippen LogP contribution in [0.15, 0.2) is 59.6 Å². The second-order valence-electron chi connectivity index (χ2n) is 7.88. The van der Waals surface area contributed by atoms with E-state index in [-0.39, 0.29) is 23.1 Å². The molecule has 1 amide bonds. The average Bonchev–Trinajstić information content (AvgIpc) is 3.22. The molecule has 0 radical (unpaired) electrons. The lowest BCUT2D eigenvalue weighted by atomic mass is 10.2. The van der Waals surface area contributed by atoms with Crippen molar-refractivity contribution in [2.75, 3.05) is 18.2 Å². The molecule has 3 aromatic rings. The first kappa shape index (κ1) is 24.3. The van der Waals surface area contributed by atoms with Gasteiger partial charge >= 0.3 is 0 Å². The van der Waals surface area contributed by atoms with Gasteiger partial charge in [0.05, 0.1) is 11.5 Å². The zero-order chi connectivity index (χ0) is 24.2. The highest BCUT2D eigenvalue weighted by molar-refractivity contribution is 7.90. The normalized spacial score (nSPS) is 12.4. The first-order valence-corrected chi connectivity index (χ1v) is 12.2. The summed E-state index contributed by atoms with van der Waals surface area (Å²) in [6, 6.07) is 12.5. The fourth-order valence-electron chi connectivity index (χ4n) is 2.87. The number of aromatic nitrogens is 2. The molecule has 0 spiro atoms. The molecule has 1 aromatic heterocycles. The van der Waals surface area contributed by atoms with Gasteiger partial charge in [-0.1, -0.05) is 0 Å². The van der Waals surface area contributed by atoms with Crippen LogP contribution in [-0.2, 0) is 9.84 Å². The molecule has 1 heterocycles. The lowest BCUT2D eigenvalue weighted by molar-refractivity contribution is 0.102. The molecule has 3 rings (SSSR count). The minimum absolute atomic E-state index is 0.154. The standard InChI is InChI=1S/C23H27N3O6S/c1-15(2)26-10-9-22(25-26)24-23(28)17-11-19(31-16(3)14-27)13-20(12-17)32-18-5-7-21(8-6-18)33(4,29)30/h5-13,15-16,27H,14H2,1-4H3,(H,24,25,28)/t16-/m0/s1. The summed E-state index contributed by atoms with van der Waals surface area (Å²) in [5.74, 6) is 1.02. The Morgan fingerprint density at radius 3 is 2.30 bits per heavy atom. The van der Waals surface area contributed by atoms with Crippen LogP contribution in [0.4, 0.5) is 5.82 Å². The van der Waals surface area contributed by atoms with Gasteiger partial charge in [-0.05, 0) is 57.2 Å². The van der Waals surface area contributed by atoms with Crippen LogP contribution in [-0.4, -0.2) is 48.2 Å². The number of hydrogen-bond donors (Lipinski definition) is 2. The molecular weight excluding hydrogens is 446 g/mol. The third kappa shape index (κ3) is 6.56. The van der Waals surface area contributed by atoms with Crippen molar-refractivity contribution in [3.63, 3.8) is 0 Å². The maximum absolute atomic E-state index is 12.9. The summed E-state index contributed by atoms with van der Waals surface area (Å²) in [5, 5.41) is 16.4. The van der Waals surface area contributed by atoms with Gasteiger partial charge in [0.2, 0.25) is 0 Å². The zero-order valence-electron chi connectivity index (χ0n) is 18.8. The number of nitrogens with zero attached hydrogens (tertiary/aromatic N) is 2. The minimum atomic E-state index is -3.33. The van der Waals surface area contributed by atoms with E-state index in [2.05, 4.69) is 10.4 Å². The maximum atomic E-state index is 12.9. The number of hydrogen-bond acceptors (Lipinski definition) is 7. The molecule has 0 fully saturated rings. The van der Waals surface area contributed by atoms with Crippen molar-refractivity contribution in [3.05, 3.63) is 60.3 Å². The summed E-state index contributed by atoms with van der Waals surface area (Å²) in [7, 11) is -3.33. The number of aliphatic hydroxyl groups excluding tert-OH is 1. The van der Waals surface area contributed by atoms with E-state index >= 15 is 0 Å². The minimum Gasteiger partial charge on any atom is -0.488 e. The highest BCUT2D eigenvalue weighted by atomic mass is 32.2. The Bertz CT molecular complexity index is 1220. The molecule has 9 nitrogen and oxygen atoms in total. The Morgan fingerprint density at radius 1 is 1.06 bits per heavy atom. The van der Waals surface area contributed by atoms with Gasteiger partial charge in [0.1, 0.15) is 23.4 Å². The van der Waals surface area contributed by atoms with Crippen LogP contribution in [0.5, 0.6) is 17.2 Å². The van der Waals surface area contributed by atoms with Crippen molar-refractivity contribution < 1.29 is 27.8 Å². The molecule has 1 atom stereocenters. The summed E-state index contributed by atoms with van der Waals surface area (Å²) >= 11 is 0. The fraction of sp³-hybridized carbons (Fsp3) is 0.304. The van der Waals surface area contributed by atoms with Crippen molar-refractivity contribution >= 4 is 21.6 Å². The predicted molar refractivity (Wildman–Crippen MR) is 124 cm³/mol. The van der Waals surface area contributed by atoms with Gasteiger partial charge in [-0.3, -0.25) is 9.48 Å². The number of carbonyl (C=O) groups is 1. The Kier molecular flexibility index (Phi) is 7.39. The van der Waals surface area contributed by atoms with E-state index in [0.29, 0.717) is 23.1 Å². The van der Waals surface area contributed by atoms with Gasteiger partial charge in [0.15, 0.2) is 15.7 Å². The summed E-state index contributed by atoms with van der Waals surface area (Å²) in [5.41, 5.74) is 0.263. The molecule has 2 aromatic carbocycles. The Labute approximate surface area is 192 Å². The molecule has 0 aliphatic heterocycles. The molecule has 0 saturated heterocycles. The second kappa shape index (κ2) is 10.1. The van der Waals surface area contributed by atoms with Crippen molar-refractivity contribution in [3.8, 4) is 17.2 Å². The Morgan fingerprint density at radius 2 is 1.73 bits per heavy atom. The number of carbonyl (C=O) groups excluding carboxylic acids is 1. The molecule has 176 valence electrons. The Hall–Kier alpha value is -3.37. The van der Waals surface area contributed by atoms with Crippen molar-refractivity contribution in [1.29, 1.82) is 0 Å². The topological polar surface area (TPSA) is 120 Å². The lowest BCUT2D eigenvalue weighted by Crippen LogP contribution is -2.17. The molecular formula is C23H27N3O6S. The van der Waals surface area contributed by atoms with Gasteiger partial charge in [-0.2, -0.15) is 5.10 Å². The van der Waals surface area contributed by atoms with E-state index in [1.54, 1.807) is 36.0 Å². The first-order valence-electron chi connectivity index (χ1n) is 10.3. The summed E-state index contributed by atoms with van der Waals surface area (Å²) in [6.07, 6.45) is 2.41. The van der Waals surface area contributed by atoms with Gasteiger partial charge in [-0.15, -0.1) is 0 Å². The van der Waals surface area contributed by atoms with E-state index in [1.165, 1.54) is 30.3 Å². The van der Waals surface area contributed by atoms with E-state index in [0.717, 1.165) is 6.26 Å². The van der Waals surface area contributed by atoms with Crippen LogP contribution < -0.4 is 14.8 Å². The number of anilines is 1. The smallest absolute Gasteiger partial charge is 0.257 e. The van der Waals surface area contributed by atoms with Crippen LogP contribution >= 0.6 is 0 Å². The third-order valence-corrected chi connectivity index (χ3v) is 5.73. The summed E-state index contributed by atoms with van der Waals surface area (Å²) in [4.78, 5) is 13.0. The highest BCUT2D eigenvalue weighted by Crippen LogP contribution is 2.29. The molecule has 0 aliphatic rings. The maximum Gasteiger partial charge on any atom is 0.257 e. The van der Waals surface area contributed by atoms with Crippen molar-refractivity contribution in [1.82, 2.24) is 9.78 Å². The number of amides is 1. The molecule has 0 aliphatic carbocycles. The second-order valence-corrected chi connectivity index (χ2v) is 9.89. The SMILES string of the molecule is CC(C)n1ccc(NC(=O)c2cc(Oc3ccc(S(C)(=O)=O)cc3)cc(O[C@@H](C)CO)c2)n1. The molecule has 0 saturated carbocycles. The quantitative estimate of drug-likeness (QED) is 0.486. The van der Waals surface area contributed by atoms with Gasteiger partial charge in [0, 0.05) is 36.2 Å². The van der Waals surface area contributed by atoms with Gasteiger partial charge < -0.3 is 19.9 Å². The van der Waals surface area contributed by atoms with E-state index in [4.69, 9.17) is 9.47 Å². The van der Waals surface area contributed by atoms with Crippen molar-refractivity contribution in [2.45, 2.75) is 37.8 Å². The number of rotatable bonds is 9. The van der Waals surface area contributed by atoms with Crippen LogP contribution in [0.25, 0.3) is 0 Å². The van der Waals surface area contributed by atoms with Crippen LogP contribution in [0.3, 0.4) is 0 Å². The molecule has 10 heteroatoms. The fourth-order valence-corrected chi connectivity index (χ4v) is 3.50. The number of sulfone groups is 1. The van der Waals surface area contributed by atoms with Crippen LogP contribution in [0.1, 0.15) is 37.2 Å². The summed E-state index contributed by atoms with van der Waals surface area (Å²) < 4.78 is 36.6. The predicted octanol–water partition coefficient (Wildman–Crippen LogP) is 3.67. The molecule has 0 unspecified atom stereocenters. The third-order valence-electron chi connectivity index (χ3n) is 4.60. The van der Waals surface area contributed by atoms with E-state index < -0.39 is 21.8 Å². The number of ether oxygens (including phenoxy) is 2. The average molecular weight is 474 g/mol. The van der Waals surface area contributed by atoms with E-state index in [1.807, 2.05) is 13.8 Å².